The molecule has 1 aliphatic rings. The first-order valence-electron chi connectivity index (χ1n) is 7.07. The summed E-state index contributed by atoms with van der Waals surface area (Å²) >= 11 is 5.89. The largest absolute Gasteiger partial charge is 0.379 e. The van der Waals surface area contributed by atoms with Crippen molar-refractivity contribution >= 4 is 23.6 Å². The first-order chi connectivity index (χ1) is 10.1. The molecular weight excluding hydrogens is 290 g/mol. The third kappa shape index (κ3) is 5.87. The van der Waals surface area contributed by atoms with E-state index in [0.717, 1.165) is 18.6 Å². The maximum absolute atomic E-state index is 11.8. The molecule has 0 spiro atoms. The Labute approximate surface area is 130 Å². The van der Waals surface area contributed by atoms with Crippen LogP contribution >= 0.6 is 11.6 Å². The van der Waals surface area contributed by atoms with Crippen molar-refractivity contribution in [2.45, 2.75) is 25.5 Å². The molecular formula is C16H20ClNO3. The molecule has 1 amide bonds. The van der Waals surface area contributed by atoms with Crippen molar-refractivity contribution in [3.8, 4) is 0 Å². The van der Waals surface area contributed by atoms with Gasteiger partial charge in [-0.3, -0.25) is 4.79 Å². The van der Waals surface area contributed by atoms with Crippen LogP contribution < -0.4 is 5.32 Å². The summed E-state index contributed by atoms with van der Waals surface area (Å²) in [6, 6.07) is 7.30. The van der Waals surface area contributed by atoms with E-state index in [1.807, 2.05) is 19.1 Å². The predicted octanol–water partition coefficient (Wildman–Crippen LogP) is 2.66. The molecule has 0 saturated carbocycles. The van der Waals surface area contributed by atoms with Gasteiger partial charge in [-0.1, -0.05) is 23.7 Å². The minimum Gasteiger partial charge on any atom is -0.379 e. The molecule has 1 fully saturated rings. The predicted molar refractivity (Wildman–Crippen MR) is 83.3 cm³/mol. The lowest BCUT2D eigenvalue weighted by molar-refractivity contribution is -0.117. The maximum Gasteiger partial charge on any atom is 0.244 e. The molecule has 114 valence electrons. The van der Waals surface area contributed by atoms with E-state index in [2.05, 4.69) is 5.32 Å². The number of halogens is 1. The van der Waals surface area contributed by atoms with Gasteiger partial charge >= 0.3 is 0 Å². The van der Waals surface area contributed by atoms with E-state index in [4.69, 9.17) is 21.1 Å². The minimum atomic E-state index is -0.145. The van der Waals surface area contributed by atoms with Gasteiger partial charge in [0, 0.05) is 23.7 Å². The third-order valence-electron chi connectivity index (χ3n) is 3.13. The Morgan fingerprint density at radius 2 is 2.48 bits per heavy atom. The third-order valence-corrected chi connectivity index (χ3v) is 3.37. The second-order valence-corrected chi connectivity index (χ2v) is 5.55. The molecule has 4 nitrogen and oxygen atoms in total. The molecule has 1 heterocycles. The van der Waals surface area contributed by atoms with Crippen molar-refractivity contribution in [2.75, 3.05) is 19.8 Å². The van der Waals surface area contributed by atoms with Crippen molar-refractivity contribution < 1.29 is 14.3 Å². The molecule has 0 aliphatic carbocycles. The lowest BCUT2D eigenvalue weighted by Gasteiger charge is -2.16. The zero-order valence-electron chi connectivity index (χ0n) is 12.0. The smallest absolute Gasteiger partial charge is 0.244 e. The van der Waals surface area contributed by atoms with Crippen LogP contribution in [0.25, 0.3) is 6.08 Å². The molecule has 1 aromatic rings. The summed E-state index contributed by atoms with van der Waals surface area (Å²) in [4.78, 5) is 11.8. The van der Waals surface area contributed by atoms with Gasteiger partial charge in [0.1, 0.15) is 0 Å². The van der Waals surface area contributed by atoms with Gasteiger partial charge in [-0.25, -0.2) is 0 Å². The van der Waals surface area contributed by atoms with Crippen molar-refractivity contribution in [3.63, 3.8) is 0 Å². The lowest BCUT2D eigenvalue weighted by Crippen LogP contribution is -2.36. The number of carbonyl (C=O) groups is 1. The summed E-state index contributed by atoms with van der Waals surface area (Å²) in [5.74, 6) is -0.145. The highest BCUT2D eigenvalue weighted by Crippen LogP contribution is 2.11. The van der Waals surface area contributed by atoms with E-state index in [1.165, 1.54) is 6.08 Å². The SMILES string of the molecule is CC(COC1CCOC1)NC(=O)/C=C/c1cccc(Cl)c1. The van der Waals surface area contributed by atoms with Gasteiger partial charge in [0.25, 0.3) is 0 Å². The Morgan fingerprint density at radius 3 is 3.19 bits per heavy atom. The zero-order chi connectivity index (χ0) is 15.1. The van der Waals surface area contributed by atoms with E-state index in [9.17, 15) is 4.79 Å². The van der Waals surface area contributed by atoms with Crippen molar-refractivity contribution in [3.05, 3.63) is 40.9 Å². The highest BCUT2D eigenvalue weighted by Gasteiger charge is 2.17. The number of hydrogen-bond acceptors (Lipinski definition) is 3. The van der Waals surface area contributed by atoms with Gasteiger partial charge in [0.15, 0.2) is 0 Å². The number of nitrogens with one attached hydrogen (secondary N) is 1. The quantitative estimate of drug-likeness (QED) is 0.822. The lowest BCUT2D eigenvalue weighted by atomic mass is 10.2. The van der Waals surface area contributed by atoms with Crippen molar-refractivity contribution in [2.24, 2.45) is 0 Å². The van der Waals surface area contributed by atoms with Crippen LogP contribution in [0, 0.1) is 0 Å². The van der Waals surface area contributed by atoms with Crippen LogP contribution in [-0.4, -0.2) is 37.9 Å². The molecule has 2 unspecified atom stereocenters. The van der Waals surface area contributed by atoms with Crippen LogP contribution in [0.15, 0.2) is 30.3 Å². The fourth-order valence-electron chi connectivity index (χ4n) is 2.04. The first kappa shape index (κ1) is 16.0. The van der Waals surface area contributed by atoms with Crippen LogP contribution in [0.2, 0.25) is 5.02 Å². The fourth-order valence-corrected chi connectivity index (χ4v) is 2.24. The molecule has 0 radical (unpaired) electrons. The molecule has 2 atom stereocenters. The number of rotatable bonds is 6. The Balaban J connectivity index is 1.72. The number of amides is 1. The molecule has 0 bridgehead atoms. The van der Waals surface area contributed by atoms with Crippen molar-refractivity contribution in [1.29, 1.82) is 0 Å². The van der Waals surface area contributed by atoms with E-state index < -0.39 is 0 Å². The van der Waals surface area contributed by atoms with Crippen LogP contribution in [0.4, 0.5) is 0 Å². The van der Waals surface area contributed by atoms with Crippen LogP contribution in [0.3, 0.4) is 0 Å². The molecule has 1 aromatic carbocycles. The molecule has 1 N–H and O–H groups in total. The van der Waals surface area contributed by atoms with E-state index in [0.29, 0.717) is 18.2 Å². The summed E-state index contributed by atoms with van der Waals surface area (Å²) < 4.78 is 10.9. The van der Waals surface area contributed by atoms with E-state index in [-0.39, 0.29) is 18.1 Å². The van der Waals surface area contributed by atoms with Gasteiger partial charge in [0.05, 0.1) is 19.3 Å². The molecule has 21 heavy (non-hydrogen) atoms. The van der Waals surface area contributed by atoms with Crippen LogP contribution in [0.1, 0.15) is 18.9 Å². The molecule has 5 heteroatoms. The highest BCUT2D eigenvalue weighted by molar-refractivity contribution is 6.30. The Morgan fingerprint density at radius 1 is 1.62 bits per heavy atom. The average molecular weight is 310 g/mol. The second-order valence-electron chi connectivity index (χ2n) is 5.12. The summed E-state index contributed by atoms with van der Waals surface area (Å²) in [7, 11) is 0. The Kier molecular flexibility index (Phi) is 6.23. The number of ether oxygens (including phenoxy) is 2. The van der Waals surface area contributed by atoms with Gasteiger partial charge in [-0.2, -0.15) is 0 Å². The number of hydrogen-bond donors (Lipinski definition) is 1. The standard InChI is InChI=1S/C16H20ClNO3/c1-12(10-21-15-7-8-20-11-15)18-16(19)6-5-13-3-2-4-14(17)9-13/h2-6,9,12,15H,7-8,10-11H2,1H3,(H,18,19)/b6-5+. The first-order valence-corrected chi connectivity index (χ1v) is 7.45. The van der Waals surface area contributed by atoms with Gasteiger partial charge in [-0.05, 0) is 37.1 Å². The maximum atomic E-state index is 11.8. The normalized spacial score (nSPS) is 19.8. The molecule has 1 aliphatic heterocycles. The fraction of sp³-hybridized carbons (Fsp3) is 0.438. The topological polar surface area (TPSA) is 47.6 Å². The summed E-state index contributed by atoms with van der Waals surface area (Å²) in [5, 5.41) is 3.52. The second kappa shape index (κ2) is 8.17. The molecule has 1 saturated heterocycles. The van der Waals surface area contributed by atoms with E-state index in [1.54, 1.807) is 18.2 Å². The van der Waals surface area contributed by atoms with Crippen LogP contribution in [-0.2, 0) is 14.3 Å². The van der Waals surface area contributed by atoms with Crippen LogP contribution in [0.5, 0.6) is 0 Å². The average Bonchev–Trinajstić information content (AvgIpc) is 2.96. The van der Waals surface area contributed by atoms with Gasteiger partial charge in [0.2, 0.25) is 5.91 Å². The summed E-state index contributed by atoms with van der Waals surface area (Å²) in [5.41, 5.74) is 0.893. The number of benzene rings is 1. The van der Waals surface area contributed by atoms with Gasteiger partial charge < -0.3 is 14.8 Å². The minimum absolute atomic E-state index is 0.0397. The number of carbonyl (C=O) groups excluding carboxylic acids is 1. The molecule has 2 rings (SSSR count). The monoisotopic (exact) mass is 309 g/mol. The summed E-state index contributed by atoms with van der Waals surface area (Å²) in [6.45, 7) is 3.81. The Hall–Kier alpha value is -1.36. The van der Waals surface area contributed by atoms with E-state index >= 15 is 0 Å². The molecule has 0 aromatic heterocycles. The zero-order valence-corrected chi connectivity index (χ0v) is 12.8. The highest BCUT2D eigenvalue weighted by atomic mass is 35.5. The summed E-state index contributed by atoms with van der Waals surface area (Å²) in [6.07, 6.45) is 4.32. The van der Waals surface area contributed by atoms with Gasteiger partial charge in [-0.15, -0.1) is 0 Å². The Bertz CT molecular complexity index is 498. The van der Waals surface area contributed by atoms with Crippen molar-refractivity contribution in [1.82, 2.24) is 5.32 Å².